The van der Waals surface area contributed by atoms with Gasteiger partial charge in [0.1, 0.15) is 0 Å². The first kappa shape index (κ1) is 21.9. The van der Waals surface area contributed by atoms with Gasteiger partial charge in [0.15, 0.2) is 0 Å². The van der Waals surface area contributed by atoms with Crippen LogP contribution in [0.1, 0.15) is 47.0 Å². The minimum absolute atomic E-state index is 0.129. The van der Waals surface area contributed by atoms with Gasteiger partial charge in [0.05, 0.1) is 0 Å². The normalized spacial score (nSPS) is 27.3. The Kier molecular flexibility index (Phi) is 7.01. The van der Waals surface area contributed by atoms with E-state index in [0.717, 1.165) is 19.3 Å². The molecule has 0 saturated heterocycles. The van der Waals surface area contributed by atoms with Crippen molar-refractivity contribution in [2.45, 2.75) is 75.5 Å². The van der Waals surface area contributed by atoms with Gasteiger partial charge in [-0.3, -0.25) is 0 Å². The Morgan fingerprint density at radius 3 is 2.42 bits per heavy atom. The van der Waals surface area contributed by atoms with E-state index in [2.05, 4.69) is 77.7 Å². The van der Waals surface area contributed by atoms with E-state index in [1.165, 1.54) is 10.0 Å². The molecular formula is C22H36O2SeSi. The summed E-state index contributed by atoms with van der Waals surface area (Å²) in [5.41, 5.74) is 1.20. The van der Waals surface area contributed by atoms with E-state index in [-0.39, 0.29) is 30.4 Å². The van der Waals surface area contributed by atoms with Crippen LogP contribution in [0.3, 0.4) is 0 Å². The van der Waals surface area contributed by atoms with Gasteiger partial charge in [-0.25, -0.2) is 0 Å². The van der Waals surface area contributed by atoms with E-state index < -0.39 is 8.32 Å². The second-order valence-corrected chi connectivity index (χ2v) is 17.3. The number of aliphatic hydroxyl groups is 1. The van der Waals surface area contributed by atoms with Crippen LogP contribution in [-0.4, -0.2) is 41.1 Å². The third-order valence-corrected chi connectivity index (χ3v) is 13.9. The van der Waals surface area contributed by atoms with Crippen LogP contribution in [0.2, 0.25) is 22.4 Å². The van der Waals surface area contributed by atoms with Crippen LogP contribution in [0.4, 0.5) is 0 Å². The van der Waals surface area contributed by atoms with Crippen LogP contribution in [-0.2, 0) is 4.43 Å². The van der Waals surface area contributed by atoms with Crippen molar-refractivity contribution < 1.29 is 9.53 Å². The average Bonchev–Trinajstić information content (AvgIpc) is 2.55. The van der Waals surface area contributed by atoms with E-state index in [0.29, 0.717) is 12.5 Å². The first-order valence-electron chi connectivity index (χ1n) is 9.68. The van der Waals surface area contributed by atoms with Gasteiger partial charge in [-0.2, -0.15) is 0 Å². The molecule has 1 N–H and O–H groups in total. The van der Waals surface area contributed by atoms with E-state index in [1.807, 2.05) is 0 Å². The Morgan fingerprint density at radius 1 is 1.31 bits per heavy atom. The molecule has 146 valence electrons. The van der Waals surface area contributed by atoms with Crippen LogP contribution in [0, 0.1) is 5.92 Å². The zero-order chi connectivity index (χ0) is 19.6. The number of rotatable bonds is 6. The second-order valence-electron chi connectivity index (χ2n) is 9.36. The van der Waals surface area contributed by atoms with Crippen molar-refractivity contribution in [2.75, 3.05) is 6.61 Å². The minimum atomic E-state index is -1.84. The number of aliphatic hydroxyl groups excluding tert-OH is 1. The molecule has 1 aromatic rings. The molecule has 0 heterocycles. The van der Waals surface area contributed by atoms with Gasteiger partial charge in [-0.05, 0) is 0 Å². The molecule has 0 radical (unpaired) electrons. The van der Waals surface area contributed by atoms with Crippen molar-refractivity contribution in [3.05, 3.63) is 42.5 Å². The summed E-state index contributed by atoms with van der Waals surface area (Å²) in [6, 6.07) is 10.7. The molecule has 26 heavy (non-hydrogen) atoms. The Labute approximate surface area is 167 Å². The molecule has 3 atom stereocenters. The Hall–Kier alpha value is -0.384. The zero-order valence-corrected chi connectivity index (χ0v) is 20.1. The SMILES string of the molecule is C=C(C)[C@H]1CC[C@](CO[Si](C)(C)C(C)(C)C)([Se]c2ccccc2)C(O)C1. The summed E-state index contributed by atoms with van der Waals surface area (Å²) >= 11 is 0.191. The fourth-order valence-corrected chi connectivity index (χ4v) is 7.28. The summed E-state index contributed by atoms with van der Waals surface area (Å²) in [4.78, 5) is 0. The van der Waals surface area contributed by atoms with Crippen molar-refractivity contribution in [1.82, 2.24) is 0 Å². The van der Waals surface area contributed by atoms with Crippen molar-refractivity contribution in [1.29, 1.82) is 0 Å². The van der Waals surface area contributed by atoms with Crippen molar-refractivity contribution in [3.8, 4) is 0 Å². The molecule has 1 fully saturated rings. The molecule has 1 aliphatic carbocycles. The quantitative estimate of drug-likeness (QED) is 0.503. The van der Waals surface area contributed by atoms with Gasteiger partial charge in [-0.1, -0.05) is 0 Å². The molecule has 4 heteroatoms. The molecule has 0 aliphatic heterocycles. The molecule has 1 unspecified atom stereocenters. The second kappa shape index (κ2) is 8.32. The van der Waals surface area contributed by atoms with Gasteiger partial charge in [0.25, 0.3) is 0 Å². The van der Waals surface area contributed by atoms with Gasteiger partial charge >= 0.3 is 168 Å². The summed E-state index contributed by atoms with van der Waals surface area (Å²) in [5, 5.41) is 11.4. The maximum atomic E-state index is 11.2. The summed E-state index contributed by atoms with van der Waals surface area (Å²) in [7, 11) is -1.84. The van der Waals surface area contributed by atoms with E-state index in [4.69, 9.17) is 4.43 Å². The van der Waals surface area contributed by atoms with Crippen LogP contribution in [0.25, 0.3) is 0 Å². The van der Waals surface area contributed by atoms with Crippen LogP contribution >= 0.6 is 0 Å². The molecule has 2 rings (SSSR count). The van der Waals surface area contributed by atoms with E-state index >= 15 is 0 Å². The fourth-order valence-electron chi connectivity index (χ4n) is 3.19. The standard InChI is InChI=1S/C22H36O2SeSi/c1-17(2)18-13-14-22(20(23)15-18,25-19-11-9-8-10-12-19)16-24-26(6,7)21(3,4)5/h8-12,18,20,23H,1,13-16H2,2-7H3/t18-,20?,22+/m0/s1. The first-order chi connectivity index (χ1) is 12.0. The summed E-state index contributed by atoms with van der Waals surface area (Å²) in [6.07, 6.45) is 2.64. The molecular weight excluding hydrogens is 403 g/mol. The Balaban J connectivity index is 2.23. The van der Waals surface area contributed by atoms with Crippen molar-refractivity contribution in [3.63, 3.8) is 0 Å². The van der Waals surface area contributed by atoms with Gasteiger partial charge < -0.3 is 0 Å². The molecule has 0 bridgehead atoms. The number of hydrogen-bond acceptors (Lipinski definition) is 2. The summed E-state index contributed by atoms with van der Waals surface area (Å²) in [5.74, 6) is 0.442. The fraction of sp³-hybridized carbons (Fsp3) is 0.636. The molecule has 0 spiro atoms. The third-order valence-electron chi connectivity index (χ3n) is 6.28. The number of allylic oxidation sites excluding steroid dienone is 1. The zero-order valence-electron chi connectivity index (χ0n) is 17.3. The van der Waals surface area contributed by atoms with Gasteiger partial charge in [0.2, 0.25) is 0 Å². The van der Waals surface area contributed by atoms with Crippen molar-refractivity contribution in [2.24, 2.45) is 5.92 Å². The monoisotopic (exact) mass is 440 g/mol. The molecule has 1 aromatic carbocycles. The van der Waals surface area contributed by atoms with Crippen molar-refractivity contribution >= 4 is 27.7 Å². The van der Waals surface area contributed by atoms with Gasteiger partial charge in [-0.15, -0.1) is 0 Å². The van der Waals surface area contributed by atoms with E-state index in [1.54, 1.807) is 0 Å². The number of hydrogen-bond donors (Lipinski definition) is 1. The Bertz CT molecular complexity index is 608. The summed E-state index contributed by atoms with van der Waals surface area (Å²) in [6.45, 7) is 18.4. The predicted molar refractivity (Wildman–Crippen MR) is 116 cm³/mol. The van der Waals surface area contributed by atoms with Crippen LogP contribution < -0.4 is 4.46 Å². The summed E-state index contributed by atoms with van der Waals surface area (Å²) < 4.78 is 7.87. The first-order valence-corrected chi connectivity index (χ1v) is 14.3. The van der Waals surface area contributed by atoms with Crippen LogP contribution in [0.15, 0.2) is 42.5 Å². The molecule has 1 saturated carbocycles. The van der Waals surface area contributed by atoms with Gasteiger partial charge in [0, 0.05) is 0 Å². The molecule has 0 amide bonds. The van der Waals surface area contributed by atoms with Crippen LogP contribution in [0.5, 0.6) is 0 Å². The van der Waals surface area contributed by atoms with E-state index in [9.17, 15) is 5.11 Å². The predicted octanol–water partition coefficient (Wildman–Crippen LogP) is 4.93. The molecule has 1 aliphatic rings. The average molecular weight is 440 g/mol. The molecule has 2 nitrogen and oxygen atoms in total. The maximum absolute atomic E-state index is 11.2. The molecule has 0 aromatic heterocycles. The topological polar surface area (TPSA) is 29.5 Å². The third kappa shape index (κ3) is 5.11. The Morgan fingerprint density at radius 2 is 1.92 bits per heavy atom. The number of benzene rings is 1.